The average molecular weight is 215 g/mol. The summed E-state index contributed by atoms with van der Waals surface area (Å²) in [6.07, 6.45) is 3.23. The Balaban J connectivity index is 2.06. The van der Waals surface area contributed by atoms with Gasteiger partial charge in [0, 0.05) is 12.8 Å². The maximum Gasteiger partial charge on any atom is 0.303 e. The third-order valence-corrected chi connectivity index (χ3v) is 2.61. The summed E-state index contributed by atoms with van der Waals surface area (Å²) in [5, 5.41) is 20.1. The van der Waals surface area contributed by atoms with Crippen molar-refractivity contribution in [3.8, 4) is 0 Å². The number of amides is 1. The fraction of sp³-hybridized carbons (Fsp3) is 0.800. The second kappa shape index (κ2) is 5.11. The minimum atomic E-state index is -0.829. The molecule has 0 bridgehead atoms. The number of aliphatic carboxylic acids is 1. The van der Waals surface area contributed by atoms with Crippen LogP contribution in [0.15, 0.2) is 0 Å². The highest BCUT2D eigenvalue weighted by Gasteiger charge is 2.43. The molecule has 0 saturated heterocycles. The number of carbonyl (C=O) groups excluding carboxylic acids is 1. The van der Waals surface area contributed by atoms with Crippen LogP contribution in [-0.2, 0) is 9.59 Å². The van der Waals surface area contributed by atoms with Gasteiger partial charge in [0.1, 0.15) is 0 Å². The molecule has 1 fully saturated rings. The molecule has 15 heavy (non-hydrogen) atoms. The Morgan fingerprint density at radius 3 is 2.27 bits per heavy atom. The van der Waals surface area contributed by atoms with E-state index in [0.717, 1.165) is 12.8 Å². The summed E-state index contributed by atoms with van der Waals surface area (Å²) >= 11 is 0. The number of hydrogen-bond acceptors (Lipinski definition) is 3. The lowest BCUT2D eigenvalue weighted by atomic mass is 10.2. The number of hydrogen-bond donors (Lipinski definition) is 3. The van der Waals surface area contributed by atoms with E-state index in [9.17, 15) is 9.59 Å². The van der Waals surface area contributed by atoms with E-state index in [0.29, 0.717) is 19.3 Å². The number of carboxylic acid groups (broad SMARTS) is 1. The van der Waals surface area contributed by atoms with Crippen LogP contribution < -0.4 is 5.32 Å². The molecule has 1 aliphatic rings. The number of carbonyl (C=O) groups is 2. The average Bonchev–Trinajstić information content (AvgIpc) is 2.93. The Labute approximate surface area is 88.5 Å². The molecule has 1 amide bonds. The molecule has 0 aromatic rings. The smallest absolute Gasteiger partial charge is 0.303 e. The van der Waals surface area contributed by atoms with Gasteiger partial charge in [0.05, 0.1) is 12.1 Å². The second-order valence-electron chi connectivity index (χ2n) is 4.09. The second-order valence-corrected chi connectivity index (χ2v) is 4.09. The molecule has 5 nitrogen and oxygen atoms in total. The van der Waals surface area contributed by atoms with E-state index in [1.54, 1.807) is 0 Å². The number of aliphatic hydroxyl groups is 1. The van der Waals surface area contributed by atoms with E-state index in [2.05, 4.69) is 5.32 Å². The van der Waals surface area contributed by atoms with Crippen LogP contribution >= 0.6 is 0 Å². The molecule has 0 aromatic carbocycles. The predicted molar refractivity (Wildman–Crippen MR) is 53.3 cm³/mol. The molecule has 1 aliphatic carbocycles. The first-order valence-electron chi connectivity index (χ1n) is 5.22. The zero-order chi connectivity index (χ0) is 11.3. The van der Waals surface area contributed by atoms with Crippen LogP contribution in [0.3, 0.4) is 0 Å². The number of unbranched alkanes of at least 4 members (excludes halogenated alkanes) is 1. The Morgan fingerprint density at radius 2 is 1.80 bits per heavy atom. The van der Waals surface area contributed by atoms with Crippen LogP contribution in [0.1, 0.15) is 38.5 Å². The summed E-state index contributed by atoms with van der Waals surface area (Å²) in [4.78, 5) is 21.5. The summed E-state index contributed by atoms with van der Waals surface area (Å²) in [6, 6.07) is 0. The molecule has 86 valence electrons. The number of carboxylic acids is 1. The normalized spacial score (nSPS) is 17.1. The van der Waals surface area contributed by atoms with Crippen molar-refractivity contribution in [3.05, 3.63) is 0 Å². The van der Waals surface area contributed by atoms with Gasteiger partial charge in [-0.3, -0.25) is 9.59 Å². The van der Waals surface area contributed by atoms with Crippen molar-refractivity contribution in [2.45, 2.75) is 44.1 Å². The van der Waals surface area contributed by atoms with Crippen LogP contribution in [0.2, 0.25) is 0 Å². The van der Waals surface area contributed by atoms with Gasteiger partial charge >= 0.3 is 5.97 Å². The topological polar surface area (TPSA) is 86.6 Å². The third kappa shape index (κ3) is 4.29. The fourth-order valence-electron chi connectivity index (χ4n) is 1.39. The van der Waals surface area contributed by atoms with Gasteiger partial charge in [0.25, 0.3) is 0 Å². The van der Waals surface area contributed by atoms with Gasteiger partial charge in [-0.15, -0.1) is 0 Å². The molecule has 1 saturated carbocycles. The molecule has 0 unspecified atom stereocenters. The van der Waals surface area contributed by atoms with E-state index in [4.69, 9.17) is 10.2 Å². The van der Waals surface area contributed by atoms with Crippen molar-refractivity contribution in [2.24, 2.45) is 0 Å². The molecule has 1 rings (SSSR count). The largest absolute Gasteiger partial charge is 0.481 e. The fourth-order valence-corrected chi connectivity index (χ4v) is 1.39. The lowest BCUT2D eigenvalue weighted by Gasteiger charge is -2.13. The maximum atomic E-state index is 11.3. The van der Waals surface area contributed by atoms with E-state index in [1.807, 2.05) is 0 Å². The van der Waals surface area contributed by atoms with Crippen molar-refractivity contribution in [1.82, 2.24) is 5.32 Å². The van der Waals surface area contributed by atoms with Gasteiger partial charge in [0.15, 0.2) is 0 Å². The van der Waals surface area contributed by atoms with Gasteiger partial charge < -0.3 is 15.5 Å². The van der Waals surface area contributed by atoms with Crippen LogP contribution in [0.4, 0.5) is 0 Å². The van der Waals surface area contributed by atoms with E-state index in [-0.39, 0.29) is 24.5 Å². The zero-order valence-electron chi connectivity index (χ0n) is 8.66. The standard InChI is InChI=1S/C10H17NO4/c12-7-10(5-6-10)11-8(13)3-1-2-4-9(14)15/h12H,1-7H2,(H,11,13)(H,14,15). The highest BCUT2D eigenvalue weighted by Crippen LogP contribution is 2.34. The molecular weight excluding hydrogens is 198 g/mol. The molecule has 5 heteroatoms. The molecule has 0 aromatic heterocycles. The van der Waals surface area contributed by atoms with Crippen molar-refractivity contribution >= 4 is 11.9 Å². The van der Waals surface area contributed by atoms with Crippen molar-refractivity contribution < 1.29 is 19.8 Å². The predicted octanol–water partition coefficient (Wildman–Crippen LogP) is 0.272. The van der Waals surface area contributed by atoms with Crippen LogP contribution in [-0.4, -0.2) is 34.2 Å². The zero-order valence-corrected chi connectivity index (χ0v) is 8.66. The highest BCUT2D eigenvalue weighted by molar-refractivity contribution is 5.77. The van der Waals surface area contributed by atoms with Gasteiger partial charge in [0.2, 0.25) is 5.91 Å². The van der Waals surface area contributed by atoms with Gasteiger partial charge in [-0.1, -0.05) is 0 Å². The van der Waals surface area contributed by atoms with Crippen LogP contribution in [0.5, 0.6) is 0 Å². The van der Waals surface area contributed by atoms with E-state index in [1.165, 1.54) is 0 Å². The minimum Gasteiger partial charge on any atom is -0.481 e. The van der Waals surface area contributed by atoms with Gasteiger partial charge in [-0.2, -0.15) is 0 Å². The maximum absolute atomic E-state index is 11.3. The first kappa shape index (κ1) is 12.0. The number of nitrogens with one attached hydrogen (secondary N) is 1. The van der Waals surface area contributed by atoms with Gasteiger partial charge in [-0.05, 0) is 25.7 Å². The molecule has 0 heterocycles. The molecule has 0 spiro atoms. The van der Waals surface area contributed by atoms with Crippen LogP contribution in [0.25, 0.3) is 0 Å². The molecule has 0 aliphatic heterocycles. The lowest BCUT2D eigenvalue weighted by Crippen LogP contribution is -2.39. The summed E-state index contributed by atoms with van der Waals surface area (Å²) in [7, 11) is 0. The summed E-state index contributed by atoms with van der Waals surface area (Å²) < 4.78 is 0. The van der Waals surface area contributed by atoms with Crippen molar-refractivity contribution in [1.29, 1.82) is 0 Å². The molecule has 3 N–H and O–H groups in total. The first-order chi connectivity index (χ1) is 7.08. The monoisotopic (exact) mass is 215 g/mol. The van der Waals surface area contributed by atoms with Crippen molar-refractivity contribution in [2.75, 3.05) is 6.61 Å². The lowest BCUT2D eigenvalue weighted by molar-refractivity contribution is -0.137. The Bertz CT molecular complexity index is 248. The van der Waals surface area contributed by atoms with Crippen molar-refractivity contribution in [3.63, 3.8) is 0 Å². The Hall–Kier alpha value is -1.10. The SMILES string of the molecule is O=C(O)CCCCC(=O)NC1(CO)CC1. The number of rotatable bonds is 7. The molecule has 0 atom stereocenters. The first-order valence-corrected chi connectivity index (χ1v) is 5.22. The number of aliphatic hydroxyl groups excluding tert-OH is 1. The van der Waals surface area contributed by atoms with E-state index >= 15 is 0 Å². The van der Waals surface area contributed by atoms with Crippen LogP contribution in [0, 0.1) is 0 Å². The van der Waals surface area contributed by atoms with Gasteiger partial charge in [-0.25, -0.2) is 0 Å². The Morgan fingerprint density at radius 1 is 1.20 bits per heavy atom. The molecular formula is C10H17NO4. The minimum absolute atomic E-state index is 0.00609. The van der Waals surface area contributed by atoms with E-state index < -0.39 is 5.97 Å². The third-order valence-electron chi connectivity index (χ3n) is 2.61. The molecule has 0 radical (unpaired) electrons. The quantitative estimate of drug-likeness (QED) is 0.532. The Kier molecular flexibility index (Phi) is 4.08. The summed E-state index contributed by atoms with van der Waals surface area (Å²) in [5.41, 5.74) is -0.357. The summed E-state index contributed by atoms with van der Waals surface area (Å²) in [6.45, 7) is -0.00609. The highest BCUT2D eigenvalue weighted by atomic mass is 16.4. The summed E-state index contributed by atoms with van der Waals surface area (Å²) in [5.74, 6) is -0.920.